The summed E-state index contributed by atoms with van der Waals surface area (Å²) in [4.78, 5) is 17.0. The van der Waals surface area contributed by atoms with Crippen molar-refractivity contribution in [1.82, 2.24) is 4.98 Å². The highest BCUT2D eigenvalue weighted by atomic mass is 32.2. The Kier molecular flexibility index (Phi) is 6.71. The summed E-state index contributed by atoms with van der Waals surface area (Å²) in [7, 11) is 0. The van der Waals surface area contributed by atoms with Gasteiger partial charge >= 0.3 is 6.18 Å². The van der Waals surface area contributed by atoms with Gasteiger partial charge in [-0.05, 0) is 29.7 Å². The quantitative estimate of drug-likeness (QED) is 0.327. The second-order valence-electron chi connectivity index (χ2n) is 6.95. The van der Waals surface area contributed by atoms with Gasteiger partial charge in [0.05, 0.1) is 16.0 Å². The first-order chi connectivity index (χ1) is 12.5. The third kappa shape index (κ3) is 5.56. The first kappa shape index (κ1) is 21.5. The summed E-state index contributed by atoms with van der Waals surface area (Å²) >= 11 is 2.45. The summed E-state index contributed by atoms with van der Waals surface area (Å²) in [5.74, 6) is 0.419. The van der Waals surface area contributed by atoms with E-state index in [1.807, 2.05) is 5.38 Å². The fourth-order valence-corrected chi connectivity index (χ4v) is 3.94. The number of hydrogen-bond donors (Lipinski definition) is 0. The average molecular weight is 413 g/mol. The Morgan fingerprint density at radius 1 is 1.33 bits per heavy atom. The second kappa shape index (κ2) is 8.44. The minimum absolute atomic E-state index is 0.0125. The van der Waals surface area contributed by atoms with Crippen LogP contribution in [0.4, 0.5) is 13.2 Å². The summed E-state index contributed by atoms with van der Waals surface area (Å²) in [6.45, 7) is 5.32. The van der Waals surface area contributed by atoms with E-state index >= 15 is 0 Å². The number of carbonyl (C=O) groups is 1. The van der Waals surface area contributed by atoms with Gasteiger partial charge in [0.2, 0.25) is 0 Å². The smallest absolute Gasteiger partial charge is 0.293 e. The third-order valence-electron chi connectivity index (χ3n) is 3.75. The van der Waals surface area contributed by atoms with Crippen LogP contribution in [-0.2, 0) is 11.6 Å². The molecule has 0 aromatic carbocycles. The van der Waals surface area contributed by atoms with Crippen molar-refractivity contribution in [1.29, 1.82) is 5.26 Å². The molecule has 0 unspecified atom stereocenters. The summed E-state index contributed by atoms with van der Waals surface area (Å²) in [5, 5.41) is 11.2. The Hall–Kier alpha value is -1.85. The van der Waals surface area contributed by atoms with Gasteiger partial charge in [0.25, 0.3) is 0 Å². The van der Waals surface area contributed by atoms with Gasteiger partial charge in [-0.15, -0.1) is 23.1 Å². The predicted octanol–water partition coefficient (Wildman–Crippen LogP) is 6.09. The molecule has 0 N–H and O–H groups in total. The van der Waals surface area contributed by atoms with Gasteiger partial charge in [-0.25, -0.2) is 4.98 Å². The van der Waals surface area contributed by atoms with Crippen LogP contribution in [0.3, 0.4) is 0 Å². The zero-order valence-electron chi connectivity index (χ0n) is 15.2. The Morgan fingerprint density at radius 2 is 2.04 bits per heavy atom. The van der Waals surface area contributed by atoms with Crippen LogP contribution >= 0.6 is 23.1 Å². The normalized spacial score (nSPS) is 12.0. The number of Topliss-reactive ketones (excluding diaryl/α,β-unsaturated/α-hetero) is 1. The second-order valence-corrected chi connectivity index (χ2v) is 8.98. The molecule has 0 atom stereocenters. The van der Waals surface area contributed by atoms with E-state index in [1.54, 1.807) is 39.0 Å². The minimum Gasteiger partial charge on any atom is -0.293 e. The first-order valence-electron chi connectivity index (χ1n) is 8.26. The number of nitrogens with zero attached hydrogens (tertiary/aromatic N) is 2. The first-order valence-corrected chi connectivity index (χ1v) is 10.1. The number of thioether (sulfide) groups is 1. The number of nitriles is 1. The lowest BCUT2D eigenvalue weighted by Crippen LogP contribution is -2.18. The van der Waals surface area contributed by atoms with Crippen molar-refractivity contribution in [3.8, 4) is 6.07 Å². The largest absolute Gasteiger partial charge is 0.417 e. The fourth-order valence-electron chi connectivity index (χ4n) is 2.30. The number of hydrogen-bond acceptors (Lipinski definition) is 5. The molecule has 0 saturated carbocycles. The van der Waals surface area contributed by atoms with E-state index in [4.69, 9.17) is 0 Å². The lowest BCUT2D eigenvalue weighted by atomic mass is 9.90. The molecule has 0 fully saturated rings. The zero-order chi connectivity index (χ0) is 20.2. The van der Waals surface area contributed by atoms with Crippen LogP contribution in [0.15, 0.2) is 28.6 Å². The molecule has 27 heavy (non-hydrogen) atoms. The van der Waals surface area contributed by atoms with Crippen molar-refractivity contribution in [3.05, 3.63) is 45.3 Å². The highest BCUT2D eigenvalue weighted by molar-refractivity contribution is 7.99. The van der Waals surface area contributed by atoms with Crippen molar-refractivity contribution in [2.24, 2.45) is 0 Å². The molecule has 2 aromatic rings. The summed E-state index contributed by atoms with van der Waals surface area (Å²) < 4.78 is 40.2. The number of alkyl halides is 3. The zero-order valence-corrected chi connectivity index (χ0v) is 16.8. The van der Waals surface area contributed by atoms with Crippen LogP contribution < -0.4 is 0 Å². The van der Waals surface area contributed by atoms with Crippen molar-refractivity contribution in [2.75, 3.05) is 5.75 Å². The molecule has 0 aliphatic heterocycles. The fraction of sp³-hybridized carbons (Fsp3) is 0.421. The number of carbonyl (C=O) groups excluding carboxylic acids is 1. The topological polar surface area (TPSA) is 53.8 Å². The maximum absolute atomic E-state index is 13.4. The SMILES string of the molecule is CC(C)(C)c1cc(C(F)(F)F)c(C#N)c(SCCCC(=O)c2cccs2)n1. The molecule has 0 amide bonds. The maximum atomic E-state index is 13.4. The molecule has 2 aromatic heterocycles. The lowest BCUT2D eigenvalue weighted by Gasteiger charge is -2.21. The van der Waals surface area contributed by atoms with E-state index in [2.05, 4.69) is 4.98 Å². The molecule has 0 saturated heterocycles. The molecule has 2 rings (SSSR count). The van der Waals surface area contributed by atoms with Gasteiger partial charge in [-0.1, -0.05) is 26.8 Å². The molecule has 8 heteroatoms. The average Bonchev–Trinajstić information content (AvgIpc) is 3.10. The summed E-state index contributed by atoms with van der Waals surface area (Å²) in [6, 6.07) is 6.16. The van der Waals surface area contributed by atoms with Gasteiger partial charge in [0, 0.05) is 17.5 Å². The molecule has 0 bridgehead atoms. The number of ketones is 1. The van der Waals surface area contributed by atoms with Gasteiger partial charge in [0.1, 0.15) is 11.1 Å². The Bertz CT molecular complexity index is 848. The van der Waals surface area contributed by atoms with Crippen LogP contribution in [0.2, 0.25) is 0 Å². The van der Waals surface area contributed by atoms with Crippen LogP contribution in [-0.4, -0.2) is 16.5 Å². The minimum atomic E-state index is -4.63. The van der Waals surface area contributed by atoms with E-state index in [0.717, 1.165) is 17.8 Å². The van der Waals surface area contributed by atoms with Crippen molar-refractivity contribution >= 4 is 28.9 Å². The third-order valence-corrected chi connectivity index (χ3v) is 5.73. The van der Waals surface area contributed by atoms with Crippen LogP contribution in [0.1, 0.15) is 60.1 Å². The van der Waals surface area contributed by atoms with Crippen molar-refractivity contribution < 1.29 is 18.0 Å². The van der Waals surface area contributed by atoms with Crippen LogP contribution in [0, 0.1) is 11.3 Å². The molecular weight excluding hydrogens is 393 g/mol. The number of halogens is 3. The number of rotatable bonds is 6. The molecule has 3 nitrogen and oxygen atoms in total. The molecule has 0 aliphatic rings. The van der Waals surface area contributed by atoms with Crippen molar-refractivity contribution in [3.63, 3.8) is 0 Å². The number of pyridine rings is 1. The molecule has 0 radical (unpaired) electrons. The Balaban J connectivity index is 2.19. The predicted molar refractivity (Wildman–Crippen MR) is 101 cm³/mol. The Morgan fingerprint density at radius 3 is 2.56 bits per heavy atom. The van der Waals surface area contributed by atoms with Gasteiger partial charge in [0.15, 0.2) is 5.78 Å². The van der Waals surface area contributed by atoms with E-state index < -0.39 is 22.7 Å². The lowest BCUT2D eigenvalue weighted by molar-refractivity contribution is -0.138. The molecule has 2 heterocycles. The molecule has 0 spiro atoms. The molecular formula is C19H19F3N2OS2. The monoisotopic (exact) mass is 412 g/mol. The number of thiophene rings is 1. The van der Waals surface area contributed by atoms with Gasteiger partial charge in [-0.3, -0.25) is 4.79 Å². The van der Waals surface area contributed by atoms with Crippen molar-refractivity contribution in [2.45, 2.75) is 50.2 Å². The maximum Gasteiger partial charge on any atom is 0.417 e. The highest BCUT2D eigenvalue weighted by Gasteiger charge is 2.37. The summed E-state index contributed by atoms with van der Waals surface area (Å²) in [5.41, 5.74) is -1.71. The van der Waals surface area contributed by atoms with Crippen LogP contribution in [0.25, 0.3) is 0 Å². The molecule has 0 aliphatic carbocycles. The van der Waals surface area contributed by atoms with Crippen LogP contribution in [0.5, 0.6) is 0 Å². The number of aromatic nitrogens is 1. The molecule has 144 valence electrons. The highest BCUT2D eigenvalue weighted by Crippen LogP contribution is 2.38. The van der Waals surface area contributed by atoms with E-state index in [1.165, 1.54) is 11.3 Å². The van der Waals surface area contributed by atoms with Gasteiger partial charge < -0.3 is 0 Å². The van der Waals surface area contributed by atoms with Gasteiger partial charge in [-0.2, -0.15) is 18.4 Å². The van der Waals surface area contributed by atoms with E-state index in [0.29, 0.717) is 23.5 Å². The van der Waals surface area contributed by atoms with E-state index in [9.17, 15) is 23.2 Å². The van der Waals surface area contributed by atoms with E-state index in [-0.39, 0.29) is 16.5 Å². The standard InChI is InChI=1S/C19H19F3N2OS2/c1-18(2,3)16-10-13(19(20,21)22)12(11-23)17(24-16)27-9-4-6-14(25)15-7-5-8-26-15/h5,7-8,10H,4,6,9H2,1-3H3. The summed E-state index contributed by atoms with van der Waals surface area (Å²) in [6.07, 6.45) is -3.83. The Labute approximate surface area is 164 Å².